The van der Waals surface area contributed by atoms with E-state index in [4.69, 9.17) is 16.3 Å². The van der Waals surface area contributed by atoms with E-state index in [0.717, 1.165) is 18.8 Å². The van der Waals surface area contributed by atoms with Gasteiger partial charge in [0.1, 0.15) is 11.6 Å². The van der Waals surface area contributed by atoms with Crippen LogP contribution in [0.25, 0.3) is 11.3 Å². The van der Waals surface area contributed by atoms with Gasteiger partial charge in [-0.15, -0.1) is 0 Å². The number of ether oxygens (including phenoxy) is 1. The molecule has 2 aromatic rings. The maximum absolute atomic E-state index is 14.1. The van der Waals surface area contributed by atoms with Crippen LogP contribution >= 0.6 is 11.6 Å². The van der Waals surface area contributed by atoms with Crippen LogP contribution in [0.3, 0.4) is 0 Å². The van der Waals surface area contributed by atoms with Crippen LogP contribution in [0.5, 0.6) is 5.75 Å². The molecule has 2 fully saturated rings. The normalized spacial score (nSPS) is 23.8. The summed E-state index contributed by atoms with van der Waals surface area (Å²) in [6.07, 6.45) is 6.84. The fourth-order valence-electron chi connectivity index (χ4n) is 5.07. The molecule has 0 bridgehead atoms. The van der Waals surface area contributed by atoms with Crippen molar-refractivity contribution in [1.29, 1.82) is 0 Å². The number of aryl methyl sites for hydroxylation is 1. The number of carbonyl (C=O) groups excluding carboxylic acids is 1. The van der Waals surface area contributed by atoms with Gasteiger partial charge in [-0.05, 0) is 44.4 Å². The van der Waals surface area contributed by atoms with Crippen LogP contribution in [-0.2, 0) is 6.54 Å². The lowest BCUT2D eigenvalue weighted by molar-refractivity contribution is -0.000698. The summed E-state index contributed by atoms with van der Waals surface area (Å²) < 4.78 is 35.3. The minimum Gasteiger partial charge on any atom is -0.496 e. The van der Waals surface area contributed by atoms with Gasteiger partial charge in [-0.1, -0.05) is 31.4 Å². The van der Waals surface area contributed by atoms with Crippen molar-refractivity contribution in [2.75, 3.05) is 19.0 Å². The lowest BCUT2D eigenvalue weighted by atomic mass is 9.83. The van der Waals surface area contributed by atoms with E-state index < -0.39 is 12.0 Å². The standard InChI is InChI=1S/C25H34ClF2N5O2/c1-4-33-23(21(26)22(32-33)24(34)30-13-16-9-7-15(2)8-10-16)17-14-29-20(12-18(17)35-3)31-19-6-5-11-25(19,27)28/h12,14-16,19H,4-11,13H2,1-3H3,(H,29,31)(H,30,34). The second-order valence-corrected chi connectivity index (χ2v) is 10.2. The van der Waals surface area contributed by atoms with Crippen LogP contribution in [0.15, 0.2) is 12.3 Å². The van der Waals surface area contributed by atoms with Crippen molar-refractivity contribution < 1.29 is 18.3 Å². The van der Waals surface area contributed by atoms with Gasteiger partial charge in [-0.25, -0.2) is 13.8 Å². The smallest absolute Gasteiger partial charge is 0.273 e. The Bertz CT molecular complexity index is 1050. The van der Waals surface area contributed by atoms with Gasteiger partial charge in [0.25, 0.3) is 11.8 Å². The molecule has 0 aliphatic heterocycles. The predicted molar refractivity (Wildman–Crippen MR) is 132 cm³/mol. The number of methoxy groups -OCH3 is 1. The molecule has 2 heterocycles. The van der Waals surface area contributed by atoms with Gasteiger partial charge in [0.05, 0.1) is 29.4 Å². The summed E-state index contributed by atoms with van der Waals surface area (Å²) in [7, 11) is 1.49. The Morgan fingerprint density at radius 3 is 2.66 bits per heavy atom. The summed E-state index contributed by atoms with van der Waals surface area (Å²) in [4.78, 5) is 17.3. The zero-order valence-corrected chi connectivity index (χ0v) is 21.3. The van der Waals surface area contributed by atoms with E-state index in [-0.39, 0.29) is 23.0 Å². The highest BCUT2D eigenvalue weighted by Gasteiger charge is 2.44. The van der Waals surface area contributed by atoms with Gasteiger partial charge in [0.2, 0.25) is 0 Å². The third-order valence-electron chi connectivity index (χ3n) is 7.27. The quantitative estimate of drug-likeness (QED) is 0.471. The van der Waals surface area contributed by atoms with Crippen LogP contribution < -0.4 is 15.4 Å². The molecule has 2 aliphatic rings. The SMILES string of the molecule is CCn1nc(C(=O)NCC2CCC(C)CC2)c(Cl)c1-c1cnc(NC2CCCC2(F)F)cc1OC. The Hall–Kier alpha value is -2.42. The lowest BCUT2D eigenvalue weighted by Crippen LogP contribution is -2.34. The van der Waals surface area contributed by atoms with Gasteiger partial charge in [0, 0.05) is 31.8 Å². The highest BCUT2D eigenvalue weighted by molar-refractivity contribution is 6.36. The van der Waals surface area contributed by atoms with Crippen molar-refractivity contribution in [3.8, 4) is 17.0 Å². The molecule has 2 N–H and O–H groups in total. The number of nitrogens with zero attached hydrogens (tertiary/aromatic N) is 3. The maximum atomic E-state index is 14.1. The van der Waals surface area contributed by atoms with Crippen molar-refractivity contribution in [1.82, 2.24) is 20.1 Å². The summed E-state index contributed by atoms with van der Waals surface area (Å²) in [5.41, 5.74) is 1.20. The molecule has 2 aromatic heterocycles. The van der Waals surface area contributed by atoms with Crippen LogP contribution in [-0.4, -0.2) is 46.3 Å². The zero-order valence-electron chi connectivity index (χ0n) is 20.5. The summed E-state index contributed by atoms with van der Waals surface area (Å²) in [5.74, 6) is -1.15. The number of halogens is 3. The molecule has 1 amide bonds. The Balaban J connectivity index is 1.54. The molecule has 1 unspecified atom stereocenters. The third kappa shape index (κ3) is 5.55. The second-order valence-electron chi connectivity index (χ2n) is 9.78. The molecular weight excluding hydrogens is 476 g/mol. The minimum absolute atomic E-state index is 0.129. The molecule has 0 aromatic carbocycles. The largest absolute Gasteiger partial charge is 0.496 e. The first-order valence-corrected chi connectivity index (χ1v) is 12.8. The molecule has 0 spiro atoms. The maximum Gasteiger partial charge on any atom is 0.273 e. The first-order valence-electron chi connectivity index (χ1n) is 12.5. The molecule has 7 nitrogen and oxygen atoms in total. The average molecular weight is 510 g/mol. The van der Waals surface area contributed by atoms with Gasteiger partial charge in [0.15, 0.2) is 5.69 Å². The summed E-state index contributed by atoms with van der Waals surface area (Å²) in [6, 6.07) is 0.620. The third-order valence-corrected chi connectivity index (χ3v) is 7.63. The topological polar surface area (TPSA) is 81.1 Å². The fourth-order valence-corrected chi connectivity index (χ4v) is 5.39. The van der Waals surface area contributed by atoms with Crippen molar-refractivity contribution in [2.45, 2.75) is 77.3 Å². The van der Waals surface area contributed by atoms with E-state index in [1.807, 2.05) is 6.92 Å². The highest BCUT2D eigenvalue weighted by Crippen LogP contribution is 2.40. The molecular formula is C25H34ClF2N5O2. The molecule has 1 atom stereocenters. The number of hydrogen-bond acceptors (Lipinski definition) is 5. The Labute approximate surface area is 210 Å². The second kappa shape index (κ2) is 10.7. The van der Waals surface area contributed by atoms with E-state index in [2.05, 4.69) is 27.6 Å². The molecule has 4 rings (SSSR count). The first kappa shape index (κ1) is 25.7. The van der Waals surface area contributed by atoms with Crippen molar-refractivity contribution >= 4 is 23.3 Å². The lowest BCUT2D eigenvalue weighted by Gasteiger charge is -2.26. The van der Waals surface area contributed by atoms with Gasteiger partial charge < -0.3 is 15.4 Å². The molecule has 0 radical (unpaired) electrons. The monoisotopic (exact) mass is 509 g/mol. The van der Waals surface area contributed by atoms with E-state index in [9.17, 15) is 13.6 Å². The van der Waals surface area contributed by atoms with Crippen molar-refractivity contribution in [3.63, 3.8) is 0 Å². The summed E-state index contributed by atoms with van der Waals surface area (Å²) >= 11 is 6.68. The first-order chi connectivity index (χ1) is 16.7. The Morgan fingerprint density at radius 2 is 2.03 bits per heavy atom. The van der Waals surface area contributed by atoms with Crippen LogP contribution in [0, 0.1) is 11.8 Å². The van der Waals surface area contributed by atoms with E-state index in [1.54, 1.807) is 10.7 Å². The highest BCUT2D eigenvalue weighted by atomic mass is 35.5. The Morgan fingerprint density at radius 1 is 1.29 bits per heavy atom. The van der Waals surface area contributed by atoms with Crippen molar-refractivity contribution in [3.05, 3.63) is 23.0 Å². The van der Waals surface area contributed by atoms with Gasteiger partial charge >= 0.3 is 0 Å². The summed E-state index contributed by atoms with van der Waals surface area (Å²) in [5, 5.41) is 10.5. The number of hydrogen-bond donors (Lipinski definition) is 2. The van der Waals surface area contributed by atoms with Crippen molar-refractivity contribution in [2.24, 2.45) is 11.8 Å². The number of rotatable bonds is 8. The van der Waals surface area contributed by atoms with Gasteiger partial charge in [-0.2, -0.15) is 5.10 Å². The fraction of sp³-hybridized carbons (Fsp3) is 0.640. The number of anilines is 1. The number of pyridine rings is 1. The number of nitrogens with one attached hydrogen (secondary N) is 2. The molecule has 35 heavy (non-hydrogen) atoms. The van der Waals surface area contributed by atoms with Gasteiger partial charge in [-0.3, -0.25) is 9.48 Å². The zero-order chi connectivity index (χ0) is 25.2. The summed E-state index contributed by atoms with van der Waals surface area (Å²) in [6.45, 7) is 5.24. The average Bonchev–Trinajstić information content (AvgIpc) is 3.36. The predicted octanol–water partition coefficient (Wildman–Crippen LogP) is 5.78. The van der Waals surface area contributed by atoms with E-state index in [1.165, 1.54) is 26.1 Å². The molecule has 10 heteroatoms. The van der Waals surface area contributed by atoms with E-state index in [0.29, 0.717) is 54.7 Å². The minimum atomic E-state index is -2.77. The number of alkyl halides is 2. The van der Waals surface area contributed by atoms with Crippen LogP contribution in [0.1, 0.15) is 69.3 Å². The molecule has 192 valence electrons. The Kier molecular flexibility index (Phi) is 7.83. The number of amides is 1. The number of aromatic nitrogens is 3. The van der Waals surface area contributed by atoms with Crippen LogP contribution in [0.4, 0.5) is 14.6 Å². The molecule has 2 aliphatic carbocycles. The van der Waals surface area contributed by atoms with E-state index >= 15 is 0 Å². The molecule has 0 saturated heterocycles. The van der Waals surface area contributed by atoms with Crippen LogP contribution in [0.2, 0.25) is 5.02 Å². The molecule has 2 saturated carbocycles. The number of carbonyl (C=O) groups is 1.